The van der Waals surface area contributed by atoms with Gasteiger partial charge in [-0.25, -0.2) is 13.2 Å². The summed E-state index contributed by atoms with van der Waals surface area (Å²) in [6.45, 7) is 10.0. The van der Waals surface area contributed by atoms with Gasteiger partial charge in [0.15, 0.2) is 0 Å². The van der Waals surface area contributed by atoms with Crippen LogP contribution in [0.15, 0.2) is 0 Å². The molecule has 0 saturated carbocycles. The van der Waals surface area contributed by atoms with Crippen LogP contribution in [-0.4, -0.2) is 22.7 Å². The van der Waals surface area contributed by atoms with Crippen molar-refractivity contribution in [1.29, 1.82) is 0 Å². The molecular formula is C10H21O2SiZr. The van der Waals surface area contributed by atoms with Gasteiger partial charge in [-0.2, -0.15) is 12.8 Å². The van der Waals surface area contributed by atoms with E-state index in [2.05, 4.69) is 13.1 Å². The molecule has 0 spiro atoms. The van der Waals surface area contributed by atoms with Crippen molar-refractivity contribution in [3.63, 3.8) is 0 Å². The molecule has 2 rings (SSSR count). The second kappa shape index (κ2) is 16.4. The SMILES string of the molecule is C[SiH]C.[CH-]1CCCO1.[CH-]1CCCO1.[Zr+2]. The van der Waals surface area contributed by atoms with Crippen LogP contribution in [0.25, 0.3) is 0 Å². The molecule has 0 aromatic rings. The Balaban J connectivity index is 0. The molecule has 0 unspecified atom stereocenters. The predicted molar refractivity (Wildman–Crippen MR) is 57.8 cm³/mol. The van der Waals surface area contributed by atoms with E-state index in [0.717, 1.165) is 35.6 Å². The van der Waals surface area contributed by atoms with Crippen LogP contribution in [0.5, 0.6) is 0 Å². The molecule has 0 bridgehead atoms. The minimum atomic E-state index is 0. The fourth-order valence-electron chi connectivity index (χ4n) is 0.833. The molecular weight excluding hydrogens is 271 g/mol. The second-order valence-electron chi connectivity index (χ2n) is 2.94. The van der Waals surface area contributed by atoms with Gasteiger partial charge in [-0.1, -0.05) is 25.9 Å². The molecule has 0 N–H and O–H groups in total. The Labute approximate surface area is 110 Å². The maximum Gasteiger partial charge on any atom is 2.00 e. The van der Waals surface area contributed by atoms with Gasteiger partial charge in [-0.05, 0) is 0 Å². The summed E-state index contributed by atoms with van der Waals surface area (Å²) in [5.74, 6) is 0. The van der Waals surface area contributed by atoms with Crippen molar-refractivity contribution in [3.8, 4) is 0 Å². The van der Waals surface area contributed by atoms with Crippen molar-refractivity contribution in [3.05, 3.63) is 13.2 Å². The fraction of sp³-hybridized carbons (Fsp3) is 0.800. The molecule has 0 atom stereocenters. The molecule has 2 saturated heterocycles. The average molecular weight is 293 g/mol. The van der Waals surface area contributed by atoms with Gasteiger partial charge < -0.3 is 9.47 Å². The zero-order chi connectivity index (χ0) is 9.78. The topological polar surface area (TPSA) is 18.5 Å². The summed E-state index contributed by atoms with van der Waals surface area (Å²) in [6, 6.07) is 0. The third-order valence-corrected chi connectivity index (χ3v) is 1.40. The van der Waals surface area contributed by atoms with Crippen molar-refractivity contribution in [2.45, 2.75) is 38.8 Å². The Hall–Kier alpha value is 1.02. The third-order valence-electron chi connectivity index (χ3n) is 1.40. The zero-order valence-electron chi connectivity index (χ0n) is 9.29. The van der Waals surface area contributed by atoms with Crippen molar-refractivity contribution in [1.82, 2.24) is 0 Å². The van der Waals surface area contributed by atoms with Gasteiger partial charge >= 0.3 is 26.2 Å². The molecule has 4 heteroatoms. The molecule has 2 nitrogen and oxygen atoms in total. The summed E-state index contributed by atoms with van der Waals surface area (Å²) < 4.78 is 9.64. The summed E-state index contributed by atoms with van der Waals surface area (Å²) in [6.07, 6.45) is 4.75. The largest absolute Gasteiger partial charge is 2.00 e. The first-order chi connectivity index (χ1) is 6.41. The van der Waals surface area contributed by atoms with E-state index in [1.165, 1.54) is 12.8 Å². The van der Waals surface area contributed by atoms with Crippen molar-refractivity contribution >= 4 is 9.52 Å². The molecule has 0 aromatic carbocycles. The summed E-state index contributed by atoms with van der Waals surface area (Å²) in [4.78, 5) is 0. The Morgan fingerprint density at radius 3 is 1.36 bits per heavy atom. The third kappa shape index (κ3) is 15.5. The maximum atomic E-state index is 4.82. The van der Waals surface area contributed by atoms with Crippen LogP contribution < -0.4 is 0 Å². The molecule has 2 aliphatic heterocycles. The van der Waals surface area contributed by atoms with Gasteiger partial charge in [-0.15, -0.1) is 0 Å². The number of hydrogen-bond acceptors (Lipinski definition) is 2. The van der Waals surface area contributed by atoms with E-state index in [4.69, 9.17) is 9.47 Å². The van der Waals surface area contributed by atoms with E-state index in [-0.39, 0.29) is 26.2 Å². The second-order valence-corrected chi connectivity index (χ2v) is 4.09. The monoisotopic (exact) mass is 291 g/mol. The molecule has 0 aliphatic carbocycles. The minimum absolute atomic E-state index is 0. The summed E-state index contributed by atoms with van der Waals surface area (Å²) >= 11 is 0. The molecule has 0 amide bonds. The first kappa shape index (κ1) is 17.4. The number of rotatable bonds is 0. The van der Waals surface area contributed by atoms with Crippen LogP contribution >= 0.6 is 0 Å². The van der Waals surface area contributed by atoms with Gasteiger partial charge in [0.2, 0.25) is 0 Å². The standard InChI is InChI=1S/2C4H7O.C2H7Si.Zr/c2*1-2-4-5-3-1;1-3-2;/h2*3H,1-2,4H2;3H,1-2H3;/q2*-1;;+2. The Morgan fingerprint density at radius 2 is 1.29 bits per heavy atom. The van der Waals surface area contributed by atoms with Crippen LogP contribution in [0.3, 0.4) is 0 Å². The van der Waals surface area contributed by atoms with E-state index in [0.29, 0.717) is 0 Å². The van der Waals surface area contributed by atoms with Crippen LogP contribution in [0.2, 0.25) is 13.1 Å². The van der Waals surface area contributed by atoms with Crippen molar-refractivity contribution in [2.75, 3.05) is 13.2 Å². The van der Waals surface area contributed by atoms with Gasteiger partial charge in [0.05, 0.1) is 0 Å². The molecule has 2 fully saturated rings. The van der Waals surface area contributed by atoms with Crippen LogP contribution in [-0.2, 0) is 35.7 Å². The van der Waals surface area contributed by atoms with E-state index in [9.17, 15) is 0 Å². The number of ether oxygens (including phenoxy) is 2. The molecule has 81 valence electrons. The normalized spacial score (nSPS) is 18.4. The van der Waals surface area contributed by atoms with Crippen LogP contribution in [0, 0.1) is 13.2 Å². The van der Waals surface area contributed by atoms with Crippen molar-refractivity contribution in [2.24, 2.45) is 0 Å². The van der Waals surface area contributed by atoms with Gasteiger partial charge in [0.25, 0.3) is 0 Å². The van der Waals surface area contributed by atoms with Crippen LogP contribution in [0.1, 0.15) is 25.7 Å². The Bertz CT molecular complexity index is 61.0. The average Bonchev–Trinajstić information content (AvgIpc) is 2.85. The molecule has 2 aliphatic rings. The smallest absolute Gasteiger partial charge is 0.552 e. The molecule has 1 radical (unpaired) electrons. The van der Waals surface area contributed by atoms with E-state index >= 15 is 0 Å². The van der Waals surface area contributed by atoms with Gasteiger partial charge in [0, 0.05) is 22.7 Å². The predicted octanol–water partition coefficient (Wildman–Crippen LogP) is 2.43. The molecule has 0 aromatic heterocycles. The Morgan fingerprint density at radius 1 is 0.929 bits per heavy atom. The fourth-order valence-corrected chi connectivity index (χ4v) is 0.833. The van der Waals surface area contributed by atoms with E-state index in [1.54, 1.807) is 0 Å². The first-order valence-electron chi connectivity index (χ1n) is 5.02. The van der Waals surface area contributed by atoms with Crippen molar-refractivity contribution < 1.29 is 35.7 Å². The number of hydrogen-bond donors (Lipinski definition) is 0. The van der Waals surface area contributed by atoms with E-state index < -0.39 is 0 Å². The summed E-state index contributed by atoms with van der Waals surface area (Å²) in [7, 11) is 0.750. The summed E-state index contributed by atoms with van der Waals surface area (Å²) in [5.41, 5.74) is 0. The van der Waals surface area contributed by atoms with Gasteiger partial charge in [-0.3, -0.25) is 0 Å². The van der Waals surface area contributed by atoms with Crippen LogP contribution in [0.4, 0.5) is 0 Å². The minimum Gasteiger partial charge on any atom is -0.552 e. The van der Waals surface area contributed by atoms with Gasteiger partial charge in [0.1, 0.15) is 0 Å². The summed E-state index contributed by atoms with van der Waals surface area (Å²) in [5, 5.41) is 0. The first-order valence-corrected chi connectivity index (χ1v) is 7.33. The van der Waals surface area contributed by atoms with E-state index in [1.807, 2.05) is 13.2 Å². The molecule has 2 heterocycles. The zero-order valence-corrected chi connectivity index (χ0v) is 12.9. The maximum absolute atomic E-state index is 4.82. The molecule has 14 heavy (non-hydrogen) atoms. The Kier molecular flexibility index (Phi) is 20.5. The quantitative estimate of drug-likeness (QED) is 0.504.